The maximum atomic E-state index is 12.2. The minimum absolute atomic E-state index is 0.365. The summed E-state index contributed by atoms with van der Waals surface area (Å²) < 4.78 is 10.5. The minimum atomic E-state index is -0.965. The average Bonchev–Trinajstić information content (AvgIpc) is 2.92. The van der Waals surface area contributed by atoms with Crippen molar-refractivity contribution in [3.63, 3.8) is 0 Å². The smallest absolute Gasteiger partial charge is 0.341 e. The SMILES string of the molecule is CO[C@@H]1OC(=O)C(c2ccccc2)=C1[C@@H](O)c1ccccc1. The van der Waals surface area contributed by atoms with Crippen LogP contribution in [0, 0.1) is 0 Å². The lowest BCUT2D eigenvalue weighted by Gasteiger charge is -2.18. The van der Waals surface area contributed by atoms with Crippen molar-refractivity contribution in [3.05, 3.63) is 77.4 Å². The fourth-order valence-electron chi connectivity index (χ4n) is 2.60. The number of rotatable bonds is 4. The van der Waals surface area contributed by atoms with Crippen molar-refractivity contribution in [2.24, 2.45) is 0 Å². The van der Waals surface area contributed by atoms with E-state index < -0.39 is 18.4 Å². The van der Waals surface area contributed by atoms with Crippen LogP contribution in [-0.2, 0) is 14.3 Å². The molecule has 0 saturated heterocycles. The predicted octanol–water partition coefficient (Wildman–Crippen LogP) is 2.70. The third-order valence-electron chi connectivity index (χ3n) is 3.65. The second kappa shape index (κ2) is 6.13. The monoisotopic (exact) mass is 296 g/mol. The molecule has 2 atom stereocenters. The van der Waals surface area contributed by atoms with E-state index >= 15 is 0 Å². The predicted molar refractivity (Wildman–Crippen MR) is 81.7 cm³/mol. The lowest BCUT2D eigenvalue weighted by Crippen LogP contribution is -2.18. The van der Waals surface area contributed by atoms with Gasteiger partial charge in [-0.1, -0.05) is 60.7 Å². The molecule has 0 unspecified atom stereocenters. The number of ether oxygens (including phenoxy) is 2. The molecule has 4 nitrogen and oxygen atoms in total. The fourth-order valence-corrected chi connectivity index (χ4v) is 2.60. The standard InChI is InChI=1S/C18H16O4/c1-21-18-15(16(19)13-10-6-3-7-11-13)14(17(20)22-18)12-8-4-2-5-9-12/h2-11,16,18-19H,1H3/t16-,18+/m0/s1. The Morgan fingerprint density at radius 2 is 1.64 bits per heavy atom. The normalized spacial score (nSPS) is 19.2. The summed E-state index contributed by atoms with van der Waals surface area (Å²) in [5.74, 6) is -0.483. The van der Waals surface area contributed by atoms with Crippen LogP contribution >= 0.6 is 0 Å². The zero-order valence-electron chi connectivity index (χ0n) is 12.1. The molecule has 0 bridgehead atoms. The van der Waals surface area contributed by atoms with E-state index in [2.05, 4.69) is 0 Å². The van der Waals surface area contributed by atoms with Crippen LogP contribution in [0.1, 0.15) is 17.2 Å². The van der Waals surface area contributed by atoms with Crippen LogP contribution < -0.4 is 0 Å². The molecule has 2 aromatic rings. The van der Waals surface area contributed by atoms with Gasteiger partial charge in [-0.2, -0.15) is 0 Å². The van der Waals surface area contributed by atoms with Crippen LogP contribution in [0.4, 0.5) is 0 Å². The zero-order valence-corrected chi connectivity index (χ0v) is 12.1. The number of hydrogen-bond donors (Lipinski definition) is 1. The summed E-state index contributed by atoms with van der Waals surface area (Å²) in [5.41, 5.74) is 2.19. The Balaban J connectivity index is 2.13. The summed E-state index contributed by atoms with van der Waals surface area (Å²) in [4.78, 5) is 12.2. The molecule has 22 heavy (non-hydrogen) atoms. The molecule has 3 rings (SSSR count). The molecular weight excluding hydrogens is 280 g/mol. The van der Waals surface area contributed by atoms with Crippen LogP contribution in [0.2, 0.25) is 0 Å². The number of hydrogen-bond acceptors (Lipinski definition) is 4. The van der Waals surface area contributed by atoms with E-state index in [-0.39, 0.29) is 0 Å². The molecule has 112 valence electrons. The highest BCUT2D eigenvalue weighted by Gasteiger charge is 2.39. The summed E-state index contributed by atoms with van der Waals surface area (Å²) >= 11 is 0. The quantitative estimate of drug-likeness (QED) is 0.881. The topological polar surface area (TPSA) is 55.8 Å². The molecule has 0 radical (unpaired) electrons. The van der Waals surface area contributed by atoms with Gasteiger partial charge in [0, 0.05) is 12.7 Å². The van der Waals surface area contributed by atoms with Gasteiger partial charge in [0.1, 0.15) is 6.10 Å². The van der Waals surface area contributed by atoms with E-state index in [4.69, 9.17) is 9.47 Å². The van der Waals surface area contributed by atoms with Crippen LogP contribution in [0.5, 0.6) is 0 Å². The first-order valence-corrected chi connectivity index (χ1v) is 6.98. The van der Waals surface area contributed by atoms with Crippen molar-refractivity contribution in [1.82, 2.24) is 0 Å². The number of methoxy groups -OCH3 is 1. The third-order valence-corrected chi connectivity index (χ3v) is 3.65. The van der Waals surface area contributed by atoms with E-state index in [1.54, 1.807) is 12.1 Å². The van der Waals surface area contributed by atoms with Gasteiger partial charge in [-0.25, -0.2) is 4.79 Å². The number of aliphatic hydroxyl groups excluding tert-OH is 1. The Morgan fingerprint density at radius 3 is 2.23 bits per heavy atom. The molecular formula is C18H16O4. The summed E-state index contributed by atoms with van der Waals surface area (Å²) in [5, 5.41) is 10.7. The molecule has 0 aliphatic carbocycles. The Labute approximate surface area is 128 Å². The molecule has 0 aromatic heterocycles. The first-order chi connectivity index (χ1) is 10.7. The van der Waals surface area contributed by atoms with Gasteiger partial charge in [0.25, 0.3) is 0 Å². The number of carbonyl (C=O) groups excluding carboxylic acids is 1. The van der Waals surface area contributed by atoms with Gasteiger partial charge in [-0.15, -0.1) is 0 Å². The van der Waals surface area contributed by atoms with Crippen molar-refractivity contribution in [1.29, 1.82) is 0 Å². The second-order valence-electron chi connectivity index (χ2n) is 4.98. The van der Waals surface area contributed by atoms with Crippen molar-refractivity contribution >= 4 is 11.5 Å². The molecule has 1 heterocycles. The van der Waals surface area contributed by atoms with Crippen molar-refractivity contribution in [2.75, 3.05) is 7.11 Å². The first-order valence-electron chi connectivity index (χ1n) is 6.98. The summed E-state index contributed by atoms with van der Waals surface area (Å²) in [7, 11) is 1.45. The zero-order chi connectivity index (χ0) is 15.5. The number of aliphatic hydroxyl groups is 1. The molecule has 1 N–H and O–H groups in total. The van der Waals surface area contributed by atoms with E-state index in [9.17, 15) is 9.90 Å². The van der Waals surface area contributed by atoms with Gasteiger partial charge < -0.3 is 14.6 Å². The van der Waals surface area contributed by atoms with Crippen molar-refractivity contribution < 1.29 is 19.4 Å². The van der Waals surface area contributed by atoms with Gasteiger partial charge in [-0.05, 0) is 11.1 Å². The summed E-state index contributed by atoms with van der Waals surface area (Å²) in [6, 6.07) is 18.3. The Hall–Kier alpha value is -2.43. The maximum absolute atomic E-state index is 12.2. The van der Waals surface area contributed by atoms with Gasteiger partial charge in [0.15, 0.2) is 0 Å². The highest BCUT2D eigenvalue weighted by Crippen LogP contribution is 2.38. The maximum Gasteiger partial charge on any atom is 0.341 e. The van der Waals surface area contributed by atoms with Crippen LogP contribution in [0.3, 0.4) is 0 Å². The average molecular weight is 296 g/mol. The number of esters is 1. The van der Waals surface area contributed by atoms with E-state index in [0.29, 0.717) is 22.3 Å². The lowest BCUT2D eigenvalue weighted by molar-refractivity contribution is -0.155. The van der Waals surface area contributed by atoms with E-state index in [0.717, 1.165) is 0 Å². The summed E-state index contributed by atoms with van der Waals surface area (Å²) in [6.07, 6.45) is -1.84. The molecule has 0 spiro atoms. The molecule has 0 fully saturated rings. The molecule has 1 aliphatic heterocycles. The first kappa shape index (κ1) is 14.5. The molecule has 1 aliphatic rings. The van der Waals surface area contributed by atoms with Gasteiger partial charge in [0.2, 0.25) is 6.29 Å². The lowest BCUT2D eigenvalue weighted by atomic mass is 9.94. The highest BCUT2D eigenvalue weighted by atomic mass is 16.7. The highest BCUT2D eigenvalue weighted by molar-refractivity contribution is 6.19. The van der Waals surface area contributed by atoms with Crippen LogP contribution in [0.25, 0.3) is 5.57 Å². The van der Waals surface area contributed by atoms with Crippen LogP contribution in [-0.4, -0.2) is 24.5 Å². The van der Waals surface area contributed by atoms with Crippen LogP contribution in [0.15, 0.2) is 66.2 Å². The molecule has 2 aromatic carbocycles. The van der Waals surface area contributed by atoms with E-state index in [1.165, 1.54) is 7.11 Å². The summed E-state index contributed by atoms with van der Waals surface area (Å²) in [6.45, 7) is 0. The van der Waals surface area contributed by atoms with Gasteiger partial charge in [0.05, 0.1) is 5.57 Å². The Morgan fingerprint density at radius 1 is 1.05 bits per heavy atom. The molecule has 0 saturated carbocycles. The van der Waals surface area contributed by atoms with Gasteiger partial charge >= 0.3 is 5.97 Å². The van der Waals surface area contributed by atoms with E-state index in [1.807, 2.05) is 48.5 Å². The molecule has 0 amide bonds. The minimum Gasteiger partial charge on any atom is -0.428 e. The van der Waals surface area contributed by atoms with Crippen molar-refractivity contribution in [2.45, 2.75) is 12.4 Å². The Bertz CT molecular complexity index is 692. The Kier molecular flexibility index (Phi) is 4.04. The van der Waals surface area contributed by atoms with Gasteiger partial charge in [-0.3, -0.25) is 0 Å². The molecule has 4 heteroatoms. The van der Waals surface area contributed by atoms with Crippen molar-refractivity contribution in [3.8, 4) is 0 Å². The number of carbonyl (C=O) groups is 1. The third kappa shape index (κ3) is 2.54. The number of cyclic esters (lactones) is 1. The second-order valence-corrected chi connectivity index (χ2v) is 4.98. The number of benzene rings is 2. The fraction of sp³-hybridized carbons (Fsp3) is 0.167. The largest absolute Gasteiger partial charge is 0.428 e.